The molecule has 67 heavy (non-hydrogen) atoms. The van der Waals surface area contributed by atoms with Crippen molar-refractivity contribution in [2.75, 3.05) is 53.5 Å². The van der Waals surface area contributed by atoms with E-state index >= 15 is 0 Å². The van der Waals surface area contributed by atoms with Crippen LogP contribution >= 0.6 is 22.9 Å². The molecule has 1 fully saturated rings. The van der Waals surface area contributed by atoms with Crippen LogP contribution in [0.25, 0.3) is 43.2 Å². The van der Waals surface area contributed by atoms with Crippen molar-refractivity contribution in [1.82, 2.24) is 29.7 Å². The summed E-state index contributed by atoms with van der Waals surface area (Å²) in [5.74, 6) is -0.903. The number of carboxylic acid groups (broad SMARTS) is 1. The molecule has 2 N–H and O–H groups in total. The Hall–Kier alpha value is -6.48. The Kier molecular flexibility index (Phi) is 14.4. The fraction of sp³-hybridized carbons (Fsp3) is 0.255. The van der Waals surface area contributed by atoms with Crippen LogP contribution in [0.1, 0.15) is 16.8 Å². The highest BCUT2D eigenvalue weighted by molar-refractivity contribution is 7.81. The Bertz CT molecular complexity index is 3030. The molecule has 0 unspecified atom stereocenters. The van der Waals surface area contributed by atoms with Gasteiger partial charge in [0.15, 0.2) is 17.3 Å². The fourth-order valence-electron chi connectivity index (χ4n) is 7.62. The van der Waals surface area contributed by atoms with E-state index in [0.29, 0.717) is 66.9 Å². The number of para-hydroxylation sites is 2. The molecule has 3 aromatic heterocycles. The zero-order valence-electron chi connectivity index (χ0n) is 36.4. The summed E-state index contributed by atoms with van der Waals surface area (Å²) in [5, 5.41) is 11.5. The van der Waals surface area contributed by atoms with Gasteiger partial charge >= 0.3 is 16.4 Å². The molecule has 1 atom stereocenters. The smallest absolute Gasteiger partial charge is 0.446 e. The van der Waals surface area contributed by atoms with Gasteiger partial charge in [-0.05, 0) is 78.7 Å². The molecule has 1 aliphatic heterocycles. The molecule has 4 aromatic carbocycles. The second-order valence-corrected chi connectivity index (χ2v) is 17.9. The number of aromatic nitrogens is 4. The number of likely N-dealkylation sites (N-methyl/N-ethyl adjacent to an activating group) is 1. The van der Waals surface area contributed by atoms with Crippen LogP contribution < -0.4 is 23.1 Å². The van der Waals surface area contributed by atoms with Crippen molar-refractivity contribution in [3.63, 3.8) is 0 Å². The second kappa shape index (κ2) is 20.6. The number of carbonyl (C=O) groups is 1. The summed E-state index contributed by atoms with van der Waals surface area (Å²) in [6, 6.07) is 22.7. The van der Waals surface area contributed by atoms with Crippen LogP contribution in [0.3, 0.4) is 0 Å². The normalized spacial score (nSPS) is 13.9. The molecule has 0 spiro atoms. The van der Waals surface area contributed by atoms with Gasteiger partial charge in [0.25, 0.3) is 0 Å². The minimum Gasteiger partial charge on any atom is -0.492 e. The average Bonchev–Trinajstić information content (AvgIpc) is 3.70. The third-order valence-corrected chi connectivity index (χ3v) is 13.1. The number of hydrogen-bond acceptors (Lipinski definition) is 15. The fourth-order valence-corrected chi connectivity index (χ4v) is 9.35. The van der Waals surface area contributed by atoms with Crippen molar-refractivity contribution >= 4 is 49.5 Å². The number of benzene rings is 4. The third-order valence-electron chi connectivity index (χ3n) is 11.1. The van der Waals surface area contributed by atoms with Crippen molar-refractivity contribution in [2.24, 2.45) is 0 Å². The van der Waals surface area contributed by atoms with Crippen LogP contribution in [0, 0.1) is 12.7 Å². The summed E-state index contributed by atoms with van der Waals surface area (Å²) < 4.78 is 75.2. The lowest BCUT2D eigenvalue weighted by Crippen LogP contribution is -2.45. The maximum Gasteiger partial charge on any atom is 0.446 e. The Morgan fingerprint density at radius 1 is 0.910 bits per heavy atom. The standard InChI is InChI=1S/C47H44ClFN6O10S2/c1-28-33(15-16-36(41(28)48)62-24-23-55-21-19-54(2)20-22-55)39-40-45(51-27-52-46(40)66-43(39)29-11-13-31(49)14-12-29)64-38(47(56)57)25-30-7-4-5-9-35(30)63-26-32-17-18-50-44(53-32)34-8-6-10-37(42(34)61-3)65-67(58,59)60/h4-18,27,38H,19-26H2,1-3H3,(H,56,57)(H,58,59,60)/t38-/m1/s1. The van der Waals surface area contributed by atoms with E-state index in [1.54, 1.807) is 48.5 Å². The maximum atomic E-state index is 14.2. The molecule has 4 heterocycles. The highest BCUT2D eigenvalue weighted by Crippen LogP contribution is 2.49. The highest BCUT2D eigenvalue weighted by atomic mass is 35.5. The molecule has 7 aromatic rings. The first-order valence-electron chi connectivity index (χ1n) is 20.9. The van der Waals surface area contributed by atoms with Gasteiger partial charge in [-0.3, -0.25) is 9.45 Å². The van der Waals surface area contributed by atoms with Gasteiger partial charge in [-0.2, -0.15) is 8.42 Å². The Morgan fingerprint density at radius 2 is 1.67 bits per heavy atom. The van der Waals surface area contributed by atoms with E-state index < -0.39 is 28.3 Å². The molecule has 1 aliphatic rings. The number of methoxy groups -OCH3 is 1. The summed E-state index contributed by atoms with van der Waals surface area (Å²) in [5.41, 5.74) is 3.95. The topological polar surface area (TPSA) is 196 Å². The van der Waals surface area contributed by atoms with Crippen LogP contribution in [-0.2, 0) is 28.2 Å². The van der Waals surface area contributed by atoms with Gasteiger partial charge < -0.3 is 33.1 Å². The number of aliphatic carboxylic acids is 1. The van der Waals surface area contributed by atoms with E-state index in [0.717, 1.165) is 37.6 Å². The van der Waals surface area contributed by atoms with Crippen molar-refractivity contribution in [2.45, 2.75) is 26.1 Å². The minimum absolute atomic E-state index is 0.0217. The van der Waals surface area contributed by atoms with Crippen molar-refractivity contribution in [3.8, 4) is 61.8 Å². The first-order valence-corrected chi connectivity index (χ1v) is 23.4. The summed E-state index contributed by atoms with van der Waals surface area (Å²) in [4.78, 5) is 36.9. The maximum absolute atomic E-state index is 14.2. The minimum atomic E-state index is -4.85. The van der Waals surface area contributed by atoms with Crippen LogP contribution in [0.2, 0.25) is 5.02 Å². The number of rotatable bonds is 18. The molecule has 8 rings (SSSR count). The monoisotopic (exact) mass is 970 g/mol. The summed E-state index contributed by atoms with van der Waals surface area (Å²) in [7, 11) is -1.44. The third kappa shape index (κ3) is 11.0. The Balaban J connectivity index is 1.07. The Labute approximate surface area is 394 Å². The van der Waals surface area contributed by atoms with Crippen LogP contribution in [0.4, 0.5) is 4.39 Å². The lowest BCUT2D eigenvalue weighted by atomic mass is 9.96. The van der Waals surface area contributed by atoms with Gasteiger partial charge in [-0.25, -0.2) is 29.1 Å². The average molecular weight is 971 g/mol. The van der Waals surface area contributed by atoms with Gasteiger partial charge in [-0.1, -0.05) is 54.1 Å². The summed E-state index contributed by atoms with van der Waals surface area (Å²) >= 11 is 8.38. The number of halogens is 2. The molecule has 0 aliphatic carbocycles. The molecule has 0 amide bonds. The molecule has 0 radical (unpaired) electrons. The van der Waals surface area contributed by atoms with Crippen LogP contribution in [0.15, 0.2) is 97.5 Å². The molecular formula is C47H44ClFN6O10S2. The molecular weight excluding hydrogens is 927 g/mol. The van der Waals surface area contributed by atoms with E-state index in [1.807, 2.05) is 19.1 Å². The first kappa shape index (κ1) is 47.0. The lowest BCUT2D eigenvalue weighted by molar-refractivity contribution is -0.145. The number of carboxylic acids is 1. The zero-order chi connectivity index (χ0) is 47.2. The molecule has 20 heteroatoms. The Morgan fingerprint density at radius 3 is 2.42 bits per heavy atom. The molecule has 348 valence electrons. The summed E-state index contributed by atoms with van der Waals surface area (Å²) in [6.45, 7) is 6.92. The van der Waals surface area contributed by atoms with Gasteiger partial charge in [0, 0.05) is 55.8 Å². The molecule has 16 nitrogen and oxygen atoms in total. The number of thiophene rings is 1. The van der Waals surface area contributed by atoms with Crippen molar-refractivity contribution in [3.05, 3.63) is 125 Å². The van der Waals surface area contributed by atoms with E-state index in [9.17, 15) is 27.3 Å². The largest absolute Gasteiger partial charge is 0.492 e. The van der Waals surface area contributed by atoms with E-state index in [4.69, 9.17) is 30.5 Å². The first-order chi connectivity index (χ1) is 32.3. The predicted octanol–water partition coefficient (Wildman–Crippen LogP) is 8.05. The number of fused-ring (bicyclic) bond motifs is 1. The van der Waals surface area contributed by atoms with Crippen LogP contribution in [0.5, 0.6) is 28.9 Å². The van der Waals surface area contributed by atoms with E-state index in [2.05, 4.69) is 41.0 Å². The molecule has 1 saturated heterocycles. The quantitative estimate of drug-likeness (QED) is 0.0783. The van der Waals surface area contributed by atoms with Crippen molar-refractivity contribution in [1.29, 1.82) is 0 Å². The number of ether oxygens (including phenoxy) is 4. The van der Waals surface area contributed by atoms with E-state index in [-0.39, 0.29) is 41.8 Å². The van der Waals surface area contributed by atoms with Gasteiger partial charge in [0.2, 0.25) is 12.0 Å². The van der Waals surface area contributed by atoms with E-state index in [1.165, 1.54) is 55.2 Å². The number of hydrogen-bond donors (Lipinski definition) is 2. The van der Waals surface area contributed by atoms with Crippen LogP contribution in [-0.4, -0.2) is 113 Å². The molecule has 0 saturated carbocycles. The summed E-state index contributed by atoms with van der Waals surface area (Å²) in [6.07, 6.45) is 1.19. The highest BCUT2D eigenvalue weighted by Gasteiger charge is 2.29. The lowest BCUT2D eigenvalue weighted by Gasteiger charge is -2.32. The van der Waals surface area contributed by atoms with Gasteiger partial charge in [0.05, 0.1) is 28.8 Å². The SMILES string of the molecule is COc1c(OS(=O)(=O)O)cccc1-c1nccc(COc2ccccc2C[C@@H](Oc2ncnc3sc(-c4ccc(F)cc4)c(-c4ccc(OCCN5CCN(C)CC5)c(Cl)c4C)c23)C(=O)O)n1. The van der Waals surface area contributed by atoms with Gasteiger partial charge in [0.1, 0.15) is 41.7 Å². The number of piperazine rings is 1. The van der Waals surface area contributed by atoms with Gasteiger partial charge in [-0.15, -0.1) is 11.3 Å². The predicted molar refractivity (Wildman–Crippen MR) is 250 cm³/mol. The second-order valence-electron chi connectivity index (χ2n) is 15.5. The number of nitrogens with zero attached hydrogens (tertiary/aromatic N) is 6. The van der Waals surface area contributed by atoms with Crippen molar-refractivity contribution < 1.29 is 50.4 Å². The zero-order valence-corrected chi connectivity index (χ0v) is 38.8. The molecule has 0 bridgehead atoms.